The number of piperidine rings is 1. The molecule has 0 saturated carbocycles. The van der Waals surface area contributed by atoms with Crippen molar-refractivity contribution < 1.29 is 9.50 Å². The van der Waals surface area contributed by atoms with Gasteiger partial charge in [-0.25, -0.2) is 4.39 Å². The van der Waals surface area contributed by atoms with Gasteiger partial charge in [0.05, 0.1) is 11.8 Å². The van der Waals surface area contributed by atoms with E-state index in [1.54, 1.807) is 19.1 Å². The molecule has 0 radical (unpaired) electrons. The predicted octanol–water partition coefficient (Wildman–Crippen LogP) is 2.80. The molecule has 0 amide bonds. The molecule has 0 bridgehead atoms. The second kappa shape index (κ2) is 6.55. The Hall–Kier alpha value is -1.13. The zero-order valence-corrected chi connectivity index (χ0v) is 12.6. The smallest absolute Gasteiger partial charge is 0.146 e. The zero-order valence-electron chi connectivity index (χ0n) is 12.6. The maximum Gasteiger partial charge on any atom is 0.146 e. The normalized spacial score (nSPS) is 19.1. The lowest BCUT2D eigenvalue weighted by molar-refractivity contribution is 0.199. The fourth-order valence-electron chi connectivity index (χ4n) is 2.89. The van der Waals surface area contributed by atoms with Crippen LogP contribution in [0.5, 0.6) is 0 Å². The van der Waals surface area contributed by atoms with Crippen LogP contribution in [0.15, 0.2) is 18.2 Å². The highest BCUT2D eigenvalue weighted by Gasteiger charge is 2.23. The number of nitrogens with zero attached hydrogens (tertiary/aromatic N) is 2. The van der Waals surface area contributed by atoms with Gasteiger partial charge in [-0.15, -0.1) is 0 Å². The highest BCUT2D eigenvalue weighted by atomic mass is 19.1. The molecule has 1 aliphatic heterocycles. The third-order valence-electron chi connectivity index (χ3n) is 4.39. The van der Waals surface area contributed by atoms with E-state index in [0.717, 1.165) is 32.5 Å². The summed E-state index contributed by atoms with van der Waals surface area (Å²) in [7, 11) is 1.97. The van der Waals surface area contributed by atoms with Gasteiger partial charge in [-0.1, -0.05) is 13.0 Å². The summed E-state index contributed by atoms with van der Waals surface area (Å²) in [6.45, 7) is 7.09. The van der Waals surface area contributed by atoms with Gasteiger partial charge in [0, 0.05) is 26.2 Å². The quantitative estimate of drug-likeness (QED) is 0.918. The molecule has 1 aromatic carbocycles. The standard InChI is InChI=1S/C16H25FN2O/c1-4-19-9-7-14(8-10-19)18(3)16-6-5-13(12(2)20)11-15(16)17/h5-6,11-12,14,20H,4,7-10H2,1-3H3. The summed E-state index contributed by atoms with van der Waals surface area (Å²) in [4.78, 5) is 4.48. The summed E-state index contributed by atoms with van der Waals surface area (Å²) in [5.74, 6) is -0.246. The van der Waals surface area contributed by atoms with Crippen LogP contribution in [-0.4, -0.2) is 42.7 Å². The largest absolute Gasteiger partial charge is 0.389 e. The van der Waals surface area contributed by atoms with Gasteiger partial charge in [0.25, 0.3) is 0 Å². The summed E-state index contributed by atoms with van der Waals surface area (Å²) in [5, 5.41) is 9.50. The molecule has 2 rings (SSSR count). The molecule has 112 valence electrons. The van der Waals surface area contributed by atoms with Crippen LogP contribution >= 0.6 is 0 Å². The number of anilines is 1. The van der Waals surface area contributed by atoms with Gasteiger partial charge in [-0.3, -0.25) is 0 Å². The number of aliphatic hydroxyl groups excluding tert-OH is 1. The molecule has 1 aromatic rings. The summed E-state index contributed by atoms with van der Waals surface area (Å²) in [5.41, 5.74) is 1.25. The third-order valence-corrected chi connectivity index (χ3v) is 4.39. The fraction of sp³-hybridized carbons (Fsp3) is 0.625. The Kier molecular flexibility index (Phi) is 5.00. The summed E-state index contributed by atoms with van der Waals surface area (Å²) in [6.07, 6.45) is 1.51. The number of benzene rings is 1. The summed E-state index contributed by atoms with van der Waals surface area (Å²) >= 11 is 0. The van der Waals surface area contributed by atoms with Crippen LogP contribution in [0.25, 0.3) is 0 Å². The zero-order chi connectivity index (χ0) is 14.7. The lowest BCUT2D eigenvalue weighted by Gasteiger charge is -2.37. The van der Waals surface area contributed by atoms with Gasteiger partial charge in [0.1, 0.15) is 5.82 Å². The van der Waals surface area contributed by atoms with Crippen molar-refractivity contribution in [2.24, 2.45) is 0 Å². The lowest BCUT2D eigenvalue weighted by atomic mass is 10.0. The summed E-state index contributed by atoms with van der Waals surface area (Å²) < 4.78 is 14.2. The number of aliphatic hydroxyl groups is 1. The number of halogens is 1. The minimum Gasteiger partial charge on any atom is -0.389 e. The van der Waals surface area contributed by atoms with E-state index in [1.165, 1.54) is 6.07 Å². The van der Waals surface area contributed by atoms with Crippen LogP contribution in [0.2, 0.25) is 0 Å². The van der Waals surface area contributed by atoms with E-state index in [4.69, 9.17) is 0 Å². The molecule has 4 heteroatoms. The van der Waals surface area contributed by atoms with E-state index in [1.807, 2.05) is 11.9 Å². The first-order valence-corrected chi connectivity index (χ1v) is 7.45. The Labute approximate surface area is 121 Å². The minimum absolute atomic E-state index is 0.246. The maximum absolute atomic E-state index is 14.2. The number of likely N-dealkylation sites (tertiary alicyclic amines) is 1. The van der Waals surface area contributed by atoms with Gasteiger partial charge in [-0.05, 0) is 44.0 Å². The van der Waals surface area contributed by atoms with Crippen molar-refractivity contribution >= 4 is 5.69 Å². The van der Waals surface area contributed by atoms with Gasteiger partial charge < -0.3 is 14.9 Å². The van der Waals surface area contributed by atoms with Gasteiger partial charge in [0.2, 0.25) is 0 Å². The Balaban J connectivity index is 2.07. The van der Waals surface area contributed by atoms with Crippen molar-refractivity contribution in [2.45, 2.75) is 38.8 Å². The number of hydrogen-bond donors (Lipinski definition) is 1. The molecule has 1 fully saturated rings. The van der Waals surface area contributed by atoms with Crippen LogP contribution in [0, 0.1) is 5.82 Å². The Morgan fingerprint density at radius 2 is 2.05 bits per heavy atom. The van der Waals surface area contributed by atoms with E-state index >= 15 is 0 Å². The molecule has 0 spiro atoms. The van der Waals surface area contributed by atoms with Crippen molar-refractivity contribution in [1.29, 1.82) is 0 Å². The van der Waals surface area contributed by atoms with Gasteiger partial charge in [0.15, 0.2) is 0 Å². The highest BCUT2D eigenvalue weighted by molar-refractivity contribution is 5.49. The molecule has 1 heterocycles. The van der Waals surface area contributed by atoms with E-state index < -0.39 is 6.10 Å². The minimum atomic E-state index is -0.628. The Bertz CT molecular complexity index is 442. The molecule has 1 atom stereocenters. The van der Waals surface area contributed by atoms with Crippen molar-refractivity contribution in [3.05, 3.63) is 29.6 Å². The van der Waals surface area contributed by atoms with Gasteiger partial charge in [-0.2, -0.15) is 0 Å². The SMILES string of the molecule is CCN1CCC(N(C)c2ccc(C(C)O)cc2F)CC1. The molecule has 20 heavy (non-hydrogen) atoms. The average molecular weight is 280 g/mol. The monoisotopic (exact) mass is 280 g/mol. The van der Waals surface area contributed by atoms with Gasteiger partial charge >= 0.3 is 0 Å². The predicted molar refractivity (Wildman–Crippen MR) is 80.6 cm³/mol. The topological polar surface area (TPSA) is 26.7 Å². The van der Waals surface area contributed by atoms with Crippen molar-refractivity contribution in [3.63, 3.8) is 0 Å². The van der Waals surface area contributed by atoms with Crippen molar-refractivity contribution in [2.75, 3.05) is 31.6 Å². The van der Waals surface area contributed by atoms with E-state index in [0.29, 0.717) is 17.3 Å². The molecule has 1 unspecified atom stereocenters. The third kappa shape index (κ3) is 3.30. The number of hydrogen-bond acceptors (Lipinski definition) is 3. The molecule has 0 aromatic heterocycles. The number of rotatable bonds is 4. The molecule has 1 aliphatic rings. The summed E-state index contributed by atoms with van der Waals surface area (Å²) in [6, 6.07) is 5.42. The van der Waals surface area contributed by atoms with E-state index in [-0.39, 0.29) is 5.82 Å². The molecule has 0 aliphatic carbocycles. The van der Waals surface area contributed by atoms with Crippen LogP contribution in [0.3, 0.4) is 0 Å². The first-order chi connectivity index (χ1) is 9.52. The highest BCUT2D eigenvalue weighted by Crippen LogP contribution is 2.27. The molecule has 1 saturated heterocycles. The molecule has 3 nitrogen and oxygen atoms in total. The lowest BCUT2D eigenvalue weighted by Crippen LogP contribution is -2.43. The second-order valence-corrected chi connectivity index (χ2v) is 5.66. The first-order valence-electron chi connectivity index (χ1n) is 7.45. The average Bonchev–Trinajstić information content (AvgIpc) is 2.46. The maximum atomic E-state index is 14.2. The van der Waals surface area contributed by atoms with E-state index in [2.05, 4.69) is 11.8 Å². The second-order valence-electron chi connectivity index (χ2n) is 5.66. The van der Waals surface area contributed by atoms with E-state index in [9.17, 15) is 9.50 Å². The van der Waals surface area contributed by atoms with Crippen LogP contribution in [0.1, 0.15) is 38.4 Å². The molecular formula is C16H25FN2O. The Morgan fingerprint density at radius 1 is 1.40 bits per heavy atom. The van der Waals surface area contributed by atoms with Crippen LogP contribution < -0.4 is 4.90 Å². The fourth-order valence-corrected chi connectivity index (χ4v) is 2.89. The Morgan fingerprint density at radius 3 is 2.55 bits per heavy atom. The first kappa shape index (κ1) is 15.3. The van der Waals surface area contributed by atoms with Crippen LogP contribution in [-0.2, 0) is 0 Å². The van der Waals surface area contributed by atoms with Crippen molar-refractivity contribution in [1.82, 2.24) is 4.90 Å². The van der Waals surface area contributed by atoms with Crippen LogP contribution in [0.4, 0.5) is 10.1 Å². The van der Waals surface area contributed by atoms with Crippen molar-refractivity contribution in [3.8, 4) is 0 Å². The molecular weight excluding hydrogens is 255 g/mol. The molecule has 1 N–H and O–H groups in total.